The van der Waals surface area contributed by atoms with Gasteiger partial charge in [-0.15, -0.1) is 0 Å². The summed E-state index contributed by atoms with van der Waals surface area (Å²) in [5.74, 6) is 1.50. The third-order valence-corrected chi connectivity index (χ3v) is 3.75. The molecule has 0 amide bonds. The molecule has 1 atom stereocenters. The van der Waals surface area contributed by atoms with Gasteiger partial charge in [0.2, 0.25) is 0 Å². The number of nitrogens with two attached hydrogens (primary N) is 1. The number of aromatic nitrogens is 2. The number of imidazole rings is 1. The fourth-order valence-electron chi connectivity index (χ4n) is 2.29. The summed E-state index contributed by atoms with van der Waals surface area (Å²) in [5, 5.41) is 0.723. The van der Waals surface area contributed by atoms with Crippen molar-refractivity contribution in [2.45, 2.75) is 46.2 Å². The van der Waals surface area contributed by atoms with Crippen LogP contribution in [-0.4, -0.2) is 15.6 Å². The van der Waals surface area contributed by atoms with Crippen LogP contribution >= 0.6 is 11.6 Å². The van der Waals surface area contributed by atoms with E-state index in [9.17, 15) is 0 Å². The molecule has 0 saturated carbocycles. The number of rotatable bonds is 4. The average molecular weight is 280 g/mol. The van der Waals surface area contributed by atoms with E-state index >= 15 is 0 Å². The van der Waals surface area contributed by atoms with Gasteiger partial charge in [0.25, 0.3) is 0 Å². The van der Waals surface area contributed by atoms with Gasteiger partial charge in [0, 0.05) is 23.5 Å². The highest BCUT2D eigenvalue weighted by molar-refractivity contribution is 6.31. The van der Waals surface area contributed by atoms with Crippen molar-refractivity contribution in [2.75, 3.05) is 0 Å². The van der Waals surface area contributed by atoms with Gasteiger partial charge in [-0.25, -0.2) is 4.98 Å². The van der Waals surface area contributed by atoms with Crippen molar-refractivity contribution in [1.29, 1.82) is 0 Å². The lowest BCUT2D eigenvalue weighted by Crippen LogP contribution is -2.30. The summed E-state index contributed by atoms with van der Waals surface area (Å²) >= 11 is 6.04. The number of hydrogen-bond acceptors (Lipinski definition) is 2. The number of fused-ring (bicyclic) bond motifs is 1. The molecule has 2 aromatic rings. The van der Waals surface area contributed by atoms with Crippen molar-refractivity contribution in [1.82, 2.24) is 9.55 Å². The monoisotopic (exact) mass is 279 g/mol. The Morgan fingerprint density at radius 3 is 2.53 bits per heavy atom. The van der Waals surface area contributed by atoms with Gasteiger partial charge in [0.15, 0.2) is 0 Å². The second-order valence-electron chi connectivity index (χ2n) is 5.74. The third-order valence-electron chi connectivity index (χ3n) is 3.52. The van der Waals surface area contributed by atoms with Gasteiger partial charge >= 0.3 is 0 Å². The molecule has 3 nitrogen and oxygen atoms in total. The number of halogens is 1. The molecular weight excluding hydrogens is 258 g/mol. The maximum atomic E-state index is 6.19. The first-order valence-electron chi connectivity index (χ1n) is 6.82. The van der Waals surface area contributed by atoms with E-state index in [4.69, 9.17) is 22.3 Å². The molecule has 0 saturated heterocycles. The molecule has 1 aromatic carbocycles. The van der Waals surface area contributed by atoms with Gasteiger partial charge in [-0.3, -0.25) is 0 Å². The van der Waals surface area contributed by atoms with Crippen molar-refractivity contribution < 1.29 is 0 Å². The molecule has 1 heterocycles. The molecule has 0 fully saturated rings. The number of hydrogen-bond donors (Lipinski definition) is 1. The Morgan fingerprint density at radius 2 is 1.95 bits per heavy atom. The second-order valence-corrected chi connectivity index (χ2v) is 6.17. The predicted octanol–water partition coefficient (Wildman–Crippen LogP) is 3.80. The minimum absolute atomic E-state index is 0.129. The molecule has 4 heteroatoms. The SMILES string of the molecule is CC(C)C(N)Cc1nc2cc(Cl)ccc2n1C(C)C. The van der Waals surface area contributed by atoms with Crippen molar-refractivity contribution in [3.63, 3.8) is 0 Å². The maximum Gasteiger partial charge on any atom is 0.111 e. The van der Waals surface area contributed by atoms with Crippen LogP contribution in [0.4, 0.5) is 0 Å². The molecule has 0 spiro atoms. The van der Waals surface area contributed by atoms with Crippen molar-refractivity contribution in [2.24, 2.45) is 11.7 Å². The van der Waals surface area contributed by atoms with Crippen LogP contribution in [0, 0.1) is 5.92 Å². The fourth-order valence-corrected chi connectivity index (χ4v) is 2.45. The Morgan fingerprint density at radius 1 is 1.26 bits per heavy atom. The predicted molar refractivity (Wildman–Crippen MR) is 81.6 cm³/mol. The summed E-state index contributed by atoms with van der Waals surface area (Å²) < 4.78 is 2.26. The molecule has 2 N–H and O–H groups in total. The molecule has 0 aliphatic rings. The summed E-state index contributed by atoms with van der Waals surface area (Å²) in [6, 6.07) is 6.36. The summed E-state index contributed by atoms with van der Waals surface area (Å²) in [6.45, 7) is 8.62. The van der Waals surface area contributed by atoms with Gasteiger partial charge in [0.1, 0.15) is 5.82 Å². The van der Waals surface area contributed by atoms with Crippen LogP contribution in [0.2, 0.25) is 5.02 Å². The Kier molecular flexibility index (Phi) is 4.16. The van der Waals surface area contributed by atoms with Crippen LogP contribution in [0.15, 0.2) is 18.2 Å². The molecule has 0 aliphatic heterocycles. The molecule has 104 valence electrons. The van der Waals surface area contributed by atoms with Crippen LogP contribution in [0.3, 0.4) is 0 Å². The van der Waals surface area contributed by atoms with E-state index in [1.165, 1.54) is 0 Å². The molecule has 0 radical (unpaired) electrons. The van der Waals surface area contributed by atoms with E-state index in [-0.39, 0.29) is 6.04 Å². The molecule has 1 aromatic heterocycles. The number of benzene rings is 1. The van der Waals surface area contributed by atoms with Crippen LogP contribution in [-0.2, 0) is 6.42 Å². The standard InChI is InChI=1S/C15H22ClN3/c1-9(2)12(17)8-15-18-13-7-11(16)5-6-14(13)19(15)10(3)4/h5-7,9-10,12H,8,17H2,1-4H3. The second kappa shape index (κ2) is 5.51. The third kappa shape index (κ3) is 2.93. The smallest absolute Gasteiger partial charge is 0.111 e. The minimum Gasteiger partial charge on any atom is -0.327 e. The first-order valence-corrected chi connectivity index (χ1v) is 7.20. The van der Waals surface area contributed by atoms with Crippen molar-refractivity contribution in [3.05, 3.63) is 29.0 Å². The van der Waals surface area contributed by atoms with Crippen LogP contribution < -0.4 is 5.73 Å². The van der Waals surface area contributed by atoms with Crippen molar-refractivity contribution in [3.8, 4) is 0 Å². The Bertz CT molecular complexity index is 572. The summed E-state index contributed by atoms with van der Waals surface area (Å²) in [6.07, 6.45) is 0.794. The quantitative estimate of drug-likeness (QED) is 0.925. The molecule has 0 bridgehead atoms. The van der Waals surface area contributed by atoms with E-state index in [0.29, 0.717) is 12.0 Å². The van der Waals surface area contributed by atoms with Crippen LogP contribution in [0.5, 0.6) is 0 Å². The average Bonchev–Trinajstić information content (AvgIpc) is 2.65. The molecule has 0 aliphatic carbocycles. The number of nitrogens with zero attached hydrogens (tertiary/aromatic N) is 2. The van der Waals surface area contributed by atoms with Gasteiger partial charge < -0.3 is 10.3 Å². The van der Waals surface area contributed by atoms with Crippen LogP contribution in [0.25, 0.3) is 11.0 Å². The zero-order valence-electron chi connectivity index (χ0n) is 12.0. The largest absolute Gasteiger partial charge is 0.327 e. The normalized spacial score (nSPS) is 13.7. The maximum absolute atomic E-state index is 6.19. The van der Waals surface area contributed by atoms with E-state index in [0.717, 1.165) is 28.3 Å². The van der Waals surface area contributed by atoms with Crippen molar-refractivity contribution >= 4 is 22.6 Å². The fraction of sp³-hybridized carbons (Fsp3) is 0.533. The highest BCUT2D eigenvalue weighted by Gasteiger charge is 2.17. The summed E-state index contributed by atoms with van der Waals surface area (Å²) in [5.41, 5.74) is 8.27. The van der Waals surface area contributed by atoms with E-state index in [2.05, 4.69) is 32.3 Å². The van der Waals surface area contributed by atoms with E-state index < -0.39 is 0 Å². The van der Waals surface area contributed by atoms with E-state index in [1.54, 1.807) is 0 Å². The molecule has 19 heavy (non-hydrogen) atoms. The lowest BCUT2D eigenvalue weighted by atomic mass is 10.0. The Balaban J connectivity index is 2.50. The Hall–Kier alpha value is -1.06. The lowest BCUT2D eigenvalue weighted by Gasteiger charge is -2.18. The van der Waals surface area contributed by atoms with Gasteiger partial charge in [-0.1, -0.05) is 25.4 Å². The molecular formula is C15H22ClN3. The topological polar surface area (TPSA) is 43.8 Å². The molecule has 2 rings (SSSR count). The highest BCUT2D eigenvalue weighted by atomic mass is 35.5. The molecule has 1 unspecified atom stereocenters. The van der Waals surface area contributed by atoms with Gasteiger partial charge in [-0.05, 0) is 38.0 Å². The first kappa shape index (κ1) is 14.4. The zero-order valence-corrected chi connectivity index (χ0v) is 12.8. The lowest BCUT2D eigenvalue weighted by molar-refractivity contribution is 0.464. The Labute approximate surface area is 119 Å². The highest BCUT2D eigenvalue weighted by Crippen LogP contribution is 2.25. The van der Waals surface area contributed by atoms with E-state index in [1.807, 2.05) is 18.2 Å². The minimum atomic E-state index is 0.129. The summed E-state index contributed by atoms with van der Waals surface area (Å²) in [4.78, 5) is 4.72. The van der Waals surface area contributed by atoms with Crippen LogP contribution in [0.1, 0.15) is 39.6 Å². The van der Waals surface area contributed by atoms with Gasteiger partial charge in [0.05, 0.1) is 11.0 Å². The zero-order chi connectivity index (χ0) is 14.2. The first-order chi connectivity index (χ1) is 8.90. The van der Waals surface area contributed by atoms with Gasteiger partial charge in [-0.2, -0.15) is 0 Å². The summed E-state index contributed by atoms with van der Waals surface area (Å²) in [7, 11) is 0.